The van der Waals surface area contributed by atoms with E-state index in [1.165, 1.54) is 37.8 Å². The molecule has 0 bridgehead atoms. The quantitative estimate of drug-likeness (QED) is 0.570. The van der Waals surface area contributed by atoms with E-state index in [0.29, 0.717) is 13.0 Å². The summed E-state index contributed by atoms with van der Waals surface area (Å²) in [5.74, 6) is -2.88. The van der Waals surface area contributed by atoms with Crippen LogP contribution in [0.4, 0.5) is 25.0 Å². The topological polar surface area (TPSA) is 110 Å². The first-order valence-corrected chi connectivity index (χ1v) is 13.5. The molecular weight excluding hydrogens is 506 g/mol. The smallest absolute Gasteiger partial charge is 0.442 e. The SMILES string of the molecule is COc1c(N2CCC(C)(C)C2C(=O)Nc2ccnc([S@@](C)(=O)=NC(=O)OC(C)(C)C)c2)ccc(F)c1F. The maximum Gasteiger partial charge on any atom is 0.442 e. The minimum atomic E-state index is -3.27. The predicted molar refractivity (Wildman–Crippen MR) is 136 cm³/mol. The van der Waals surface area contributed by atoms with Crippen LogP contribution in [0.5, 0.6) is 5.75 Å². The third-order valence-electron chi connectivity index (χ3n) is 5.87. The second kappa shape index (κ2) is 10.2. The second-order valence-electron chi connectivity index (χ2n) is 10.5. The van der Waals surface area contributed by atoms with Crippen molar-refractivity contribution < 1.29 is 32.1 Å². The molecule has 2 atom stereocenters. The van der Waals surface area contributed by atoms with Gasteiger partial charge in [0.2, 0.25) is 11.7 Å². The number of anilines is 2. The van der Waals surface area contributed by atoms with Gasteiger partial charge >= 0.3 is 6.09 Å². The van der Waals surface area contributed by atoms with Gasteiger partial charge in [-0.05, 0) is 56.9 Å². The van der Waals surface area contributed by atoms with E-state index in [4.69, 9.17) is 9.47 Å². The summed E-state index contributed by atoms with van der Waals surface area (Å²) < 4.78 is 55.3. The first-order chi connectivity index (χ1) is 17.1. The van der Waals surface area contributed by atoms with E-state index in [-0.39, 0.29) is 22.2 Å². The van der Waals surface area contributed by atoms with Crippen LogP contribution in [0.3, 0.4) is 0 Å². The van der Waals surface area contributed by atoms with Gasteiger partial charge in [-0.1, -0.05) is 13.8 Å². The van der Waals surface area contributed by atoms with Crippen LogP contribution < -0.4 is 15.0 Å². The number of carbonyl (C=O) groups is 2. The molecule has 1 aliphatic rings. The third-order valence-corrected chi connectivity index (χ3v) is 7.37. The molecule has 1 N–H and O–H groups in total. The summed E-state index contributed by atoms with van der Waals surface area (Å²) in [6.45, 7) is 9.20. The van der Waals surface area contributed by atoms with Crippen LogP contribution in [0.25, 0.3) is 0 Å². The number of nitrogens with zero attached hydrogens (tertiary/aromatic N) is 3. The fourth-order valence-corrected chi connectivity index (χ4v) is 5.19. The molecule has 1 fully saturated rings. The number of halogens is 2. The molecule has 1 saturated heterocycles. The lowest BCUT2D eigenvalue weighted by molar-refractivity contribution is -0.119. The van der Waals surface area contributed by atoms with Crippen molar-refractivity contribution in [3.63, 3.8) is 0 Å². The Bertz CT molecular complexity index is 1330. The van der Waals surface area contributed by atoms with Gasteiger partial charge in [0.25, 0.3) is 0 Å². The van der Waals surface area contributed by atoms with Crippen molar-refractivity contribution >= 4 is 33.1 Å². The van der Waals surface area contributed by atoms with Crippen LogP contribution in [0.15, 0.2) is 39.9 Å². The highest BCUT2D eigenvalue weighted by Gasteiger charge is 2.46. The van der Waals surface area contributed by atoms with Crippen LogP contribution in [0.1, 0.15) is 41.0 Å². The van der Waals surface area contributed by atoms with E-state index in [1.54, 1.807) is 25.7 Å². The summed E-state index contributed by atoms with van der Waals surface area (Å²) in [7, 11) is -2.03. The number of amides is 2. The summed E-state index contributed by atoms with van der Waals surface area (Å²) in [5.41, 5.74) is -0.797. The number of aromatic nitrogens is 1. The number of carbonyl (C=O) groups excluding carboxylic acids is 2. The summed E-state index contributed by atoms with van der Waals surface area (Å²) in [6.07, 6.45) is 2.21. The Kier molecular flexibility index (Phi) is 7.83. The van der Waals surface area contributed by atoms with E-state index in [2.05, 4.69) is 14.7 Å². The van der Waals surface area contributed by atoms with Gasteiger partial charge in [-0.15, -0.1) is 4.36 Å². The molecule has 2 aromatic rings. The van der Waals surface area contributed by atoms with Gasteiger partial charge in [0, 0.05) is 24.7 Å². The summed E-state index contributed by atoms with van der Waals surface area (Å²) in [6, 6.07) is 4.50. The van der Waals surface area contributed by atoms with Gasteiger partial charge in [0.15, 0.2) is 11.6 Å². The number of ether oxygens (including phenoxy) is 2. The Morgan fingerprint density at radius 2 is 1.92 bits per heavy atom. The fraction of sp³-hybridized carbons (Fsp3) is 0.480. The molecule has 2 amide bonds. The number of benzene rings is 1. The first-order valence-electron chi connectivity index (χ1n) is 11.6. The Morgan fingerprint density at radius 1 is 1.24 bits per heavy atom. The van der Waals surface area contributed by atoms with Gasteiger partial charge in [-0.2, -0.15) is 4.39 Å². The van der Waals surface area contributed by atoms with Crippen molar-refractivity contribution in [3.05, 3.63) is 42.1 Å². The normalized spacial score (nSPS) is 18.6. The van der Waals surface area contributed by atoms with E-state index >= 15 is 0 Å². The van der Waals surface area contributed by atoms with Gasteiger partial charge in [-0.3, -0.25) is 4.79 Å². The zero-order chi connectivity index (χ0) is 27.8. The molecule has 12 heteroatoms. The molecule has 0 saturated carbocycles. The number of hydrogen-bond donors (Lipinski definition) is 1. The summed E-state index contributed by atoms with van der Waals surface area (Å²) >= 11 is 0. The molecule has 9 nitrogen and oxygen atoms in total. The second-order valence-corrected chi connectivity index (χ2v) is 12.7. The van der Waals surface area contributed by atoms with Crippen molar-refractivity contribution in [1.29, 1.82) is 0 Å². The van der Waals surface area contributed by atoms with Crippen molar-refractivity contribution in [2.24, 2.45) is 9.78 Å². The number of nitrogens with one attached hydrogen (secondary N) is 1. The van der Waals surface area contributed by atoms with Crippen molar-refractivity contribution in [2.75, 3.05) is 30.1 Å². The lowest BCUT2D eigenvalue weighted by Crippen LogP contribution is -2.46. The summed E-state index contributed by atoms with van der Waals surface area (Å²) in [5, 5.41) is 2.78. The largest absolute Gasteiger partial charge is 0.491 e. The van der Waals surface area contributed by atoms with E-state index < -0.39 is 50.4 Å². The van der Waals surface area contributed by atoms with E-state index in [0.717, 1.165) is 6.07 Å². The number of hydrogen-bond acceptors (Lipinski definition) is 7. The molecule has 202 valence electrons. The lowest BCUT2D eigenvalue weighted by atomic mass is 9.84. The highest BCUT2D eigenvalue weighted by molar-refractivity contribution is 7.93. The molecule has 37 heavy (non-hydrogen) atoms. The van der Waals surface area contributed by atoms with E-state index in [1.807, 2.05) is 13.8 Å². The van der Waals surface area contributed by atoms with Crippen LogP contribution in [0, 0.1) is 17.0 Å². The van der Waals surface area contributed by atoms with Crippen molar-refractivity contribution in [2.45, 2.75) is 57.7 Å². The zero-order valence-electron chi connectivity index (χ0n) is 21.9. The Labute approximate surface area is 215 Å². The van der Waals surface area contributed by atoms with E-state index in [9.17, 15) is 22.6 Å². The van der Waals surface area contributed by atoms with Gasteiger partial charge in [0.1, 0.15) is 26.4 Å². The molecule has 1 aromatic carbocycles. The Morgan fingerprint density at radius 3 is 2.54 bits per heavy atom. The number of methoxy groups -OCH3 is 1. The number of rotatable bonds is 5. The van der Waals surface area contributed by atoms with Gasteiger partial charge in [-0.25, -0.2) is 18.4 Å². The molecule has 0 spiro atoms. The Balaban J connectivity index is 1.91. The maximum absolute atomic E-state index is 14.4. The standard InChI is InChI=1S/C25H32F2N4O5S/c1-24(2,3)36-23(33)30-37(7,34)18-14-15(10-12-28-18)29-22(32)21-25(4,5)11-13-31(21)17-9-8-16(26)19(27)20(17)35-6/h8-10,12,14,21H,11,13H2,1-7H3,(H,28,29,32)/t21?,37-/m1/s1. The minimum Gasteiger partial charge on any atom is -0.491 e. The lowest BCUT2D eigenvalue weighted by Gasteiger charge is -2.33. The monoisotopic (exact) mass is 538 g/mol. The zero-order valence-corrected chi connectivity index (χ0v) is 22.7. The van der Waals surface area contributed by atoms with Crippen LogP contribution in [-0.4, -0.2) is 52.7 Å². The van der Waals surface area contributed by atoms with Gasteiger partial charge in [0.05, 0.1) is 12.8 Å². The van der Waals surface area contributed by atoms with Crippen LogP contribution >= 0.6 is 0 Å². The fourth-order valence-electron chi connectivity index (χ4n) is 4.17. The van der Waals surface area contributed by atoms with Crippen LogP contribution in [0.2, 0.25) is 0 Å². The molecule has 2 heterocycles. The first kappa shape index (κ1) is 28.3. The van der Waals surface area contributed by atoms with Gasteiger partial charge < -0.3 is 19.7 Å². The predicted octanol–water partition coefficient (Wildman–Crippen LogP) is 5.00. The highest BCUT2D eigenvalue weighted by Crippen LogP contribution is 2.43. The number of pyridine rings is 1. The molecule has 0 aliphatic carbocycles. The molecule has 1 aliphatic heterocycles. The Hall–Kier alpha value is -3.28. The molecular formula is C25H32F2N4O5S. The minimum absolute atomic E-state index is 0.0130. The molecule has 1 aromatic heterocycles. The molecule has 3 rings (SSSR count). The van der Waals surface area contributed by atoms with Crippen LogP contribution in [-0.2, 0) is 19.3 Å². The average Bonchev–Trinajstić information content (AvgIpc) is 3.08. The highest BCUT2D eigenvalue weighted by atomic mass is 32.2. The third kappa shape index (κ3) is 6.35. The average molecular weight is 539 g/mol. The summed E-state index contributed by atoms with van der Waals surface area (Å²) in [4.78, 5) is 31.3. The molecule has 0 radical (unpaired) electrons. The van der Waals surface area contributed by atoms with Crippen molar-refractivity contribution in [1.82, 2.24) is 4.98 Å². The maximum atomic E-state index is 14.4. The molecule has 1 unspecified atom stereocenters. The van der Waals surface area contributed by atoms with Crippen molar-refractivity contribution in [3.8, 4) is 5.75 Å².